The molecular weight excluding hydrogens is 653 g/mol. The first-order valence-corrected chi connectivity index (χ1v) is 18.7. The second kappa shape index (κ2) is 16.8. The molecule has 0 aromatic heterocycles. The van der Waals surface area contributed by atoms with E-state index in [1.165, 1.54) is 0 Å². The molecule has 1 fully saturated rings. The third-order valence-corrected chi connectivity index (χ3v) is 9.90. The van der Waals surface area contributed by atoms with Crippen molar-refractivity contribution in [1.82, 2.24) is 0 Å². The molecule has 0 saturated carbocycles. The molecule has 0 unspecified atom stereocenters. The highest BCUT2D eigenvalue weighted by Gasteiger charge is 2.31. The number of ether oxygens (including phenoxy) is 2. The third-order valence-electron chi connectivity index (χ3n) is 5.91. The quantitative estimate of drug-likeness (QED) is 0.255. The molecule has 1 saturated heterocycles. The van der Waals surface area contributed by atoms with E-state index < -0.39 is 49.1 Å². The van der Waals surface area contributed by atoms with Gasteiger partial charge in [-0.05, 0) is 24.0 Å². The largest absolute Gasteiger partial charge is 0.460 e. The molecule has 44 heavy (non-hydrogen) atoms. The van der Waals surface area contributed by atoms with E-state index in [4.69, 9.17) is 18.0 Å². The highest BCUT2D eigenvalue weighted by molar-refractivity contribution is 8.16. The Morgan fingerprint density at radius 1 is 0.750 bits per heavy atom. The molecule has 1 heterocycles. The lowest BCUT2D eigenvalue weighted by Crippen LogP contribution is -2.34. The van der Waals surface area contributed by atoms with E-state index >= 15 is 0 Å². The third kappa shape index (κ3) is 12.5. The smallest absolute Gasteiger partial charge is 0.367 e. The molecular formula is C28H34N2O10S4. The topological polar surface area (TPSA) is 164 Å². The van der Waals surface area contributed by atoms with Crippen LogP contribution in [0.2, 0.25) is 0 Å². The minimum Gasteiger partial charge on any atom is -0.460 e. The predicted octanol–water partition coefficient (Wildman–Crippen LogP) is 4.47. The van der Waals surface area contributed by atoms with Crippen LogP contribution in [0.25, 0.3) is 0 Å². The Morgan fingerprint density at radius 3 is 1.55 bits per heavy atom. The van der Waals surface area contributed by atoms with Crippen LogP contribution in [-0.4, -0.2) is 63.6 Å². The van der Waals surface area contributed by atoms with E-state index in [1.807, 2.05) is 6.92 Å². The minimum atomic E-state index is -4.15. The summed E-state index contributed by atoms with van der Waals surface area (Å²) in [6.07, 6.45) is 1.53. The Hall–Kier alpha value is -3.08. The van der Waals surface area contributed by atoms with Crippen molar-refractivity contribution in [2.45, 2.75) is 44.6 Å². The number of benzene rings is 2. The van der Waals surface area contributed by atoms with Crippen molar-refractivity contribution in [2.24, 2.45) is 15.7 Å². The van der Waals surface area contributed by atoms with Crippen LogP contribution in [0.3, 0.4) is 0 Å². The van der Waals surface area contributed by atoms with E-state index in [1.54, 1.807) is 67.6 Å². The molecule has 0 atom stereocenters. The number of rotatable bonds is 10. The first-order chi connectivity index (χ1) is 20.9. The van der Waals surface area contributed by atoms with Gasteiger partial charge in [0, 0.05) is 16.9 Å². The van der Waals surface area contributed by atoms with E-state index in [0.717, 1.165) is 23.5 Å². The highest BCUT2D eigenvalue weighted by Crippen LogP contribution is 2.26. The number of oxime groups is 2. The minimum absolute atomic E-state index is 0.176. The van der Waals surface area contributed by atoms with Crippen LogP contribution in [0.15, 0.2) is 71.0 Å². The van der Waals surface area contributed by atoms with Gasteiger partial charge in [-0.15, -0.1) is 0 Å². The summed E-state index contributed by atoms with van der Waals surface area (Å²) in [6.45, 7) is 3.30. The average Bonchev–Trinajstić information content (AvgIpc) is 2.98. The van der Waals surface area contributed by atoms with E-state index in [0.29, 0.717) is 30.4 Å². The second-order valence-electron chi connectivity index (χ2n) is 10.1. The summed E-state index contributed by atoms with van der Waals surface area (Å²) < 4.78 is 70.5. The van der Waals surface area contributed by atoms with E-state index in [2.05, 4.69) is 10.3 Å². The zero-order valence-electron chi connectivity index (χ0n) is 24.2. The number of esters is 2. The van der Waals surface area contributed by atoms with E-state index in [-0.39, 0.29) is 34.8 Å². The molecule has 0 N–H and O–H groups in total. The molecule has 1 aliphatic rings. The summed E-state index contributed by atoms with van der Waals surface area (Å²) >= 11 is 1.85. The van der Waals surface area contributed by atoms with Crippen molar-refractivity contribution in [3.8, 4) is 0 Å². The van der Waals surface area contributed by atoms with Crippen LogP contribution < -0.4 is 0 Å². The Balaban J connectivity index is 1.75. The van der Waals surface area contributed by atoms with Gasteiger partial charge in [0.05, 0.1) is 0 Å². The van der Waals surface area contributed by atoms with Crippen LogP contribution in [0.4, 0.5) is 0 Å². The predicted molar refractivity (Wildman–Crippen MR) is 170 cm³/mol. The zero-order valence-corrected chi connectivity index (χ0v) is 27.5. The molecule has 0 spiro atoms. The average molecular weight is 687 g/mol. The normalized spacial score (nSPS) is 21.2. The monoisotopic (exact) mass is 686 g/mol. The molecule has 0 bridgehead atoms. The first-order valence-electron chi connectivity index (χ1n) is 13.6. The zero-order chi connectivity index (χ0) is 32.1. The fraction of sp³-hybridized carbons (Fsp3) is 0.429. The van der Waals surface area contributed by atoms with Gasteiger partial charge in [-0.1, -0.05) is 115 Å². The SMILES string of the molecule is CCCC1(C)COC(=O)/C(=N/OS(=O)(=O)Cc2ccccc2)SCCCS/C(=N\OS(=O)(=O)Cc2ccccc2)C(=O)OC1. The van der Waals surface area contributed by atoms with Crippen molar-refractivity contribution in [2.75, 3.05) is 24.7 Å². The molecule has 16 heteroatoms. The molecule has 0 amide bonds. The molecule has 2 aromatic rings. The van der Waals surface area contributed by atoms with Gasteiger partial charge in [-0.25, -0.2) is 9.59 Å². The van der Waals surface area contributed by atoms with Crippen molar-refractivity contribution in [3.63, 3.8) is 0 Å². The van der Waals surface area contributed by atoms with Gasteiger partial charge in [0.25, 0.3) is 0 Å². The molecule has 2 aromatic carbocycles. The lowest BCUT2D eigenvalue weighted by Gasteiger charge is -2.28. The van der Waals surface area contributed by atoms with Gasteiger partial charge >= 0.3 is 32.2 Å². The molecule has 0 radical (unpaired) electrons. The Kier molecular flexibility index (Phi) is 13.5. The van der Waals surface area contributed by atoms with Crippen LogP contribution >= 0.6 is 23.5 Å². The van der Waals surface area contributed by atoms with Crippen molar-refractivity contribution in [1.29, 1.82) is 0 Å². The highest BCUT2D eigenvalue weighted by atomic mass is 32.2. The summed E-state index contributed by atoms with van der Waals surface area (Å²) in [6, 6.07) is 16.8. The maximum absolute atomic E-state index is 12.9. The fourth-order valence-electron chi connectivity index (χ4n) is 3.82. The van der Waals surface area contributed by atoms with Gasteiger partial charge in [0.2, 0.25) is 10.1 Å². The summed E-state index contributed by atoms with van der Waals surface area (Å²) in [5, 5.41) is 6.68. The summed E-state index contributed by atoms with van der Waals surface area (Å²) in [5.74, 6) is -2.11. The summed E-state index contributed by atoms with van der Waals surface area (Å²) in [7, 11) is -8.30. The standard InChI is InChI=1S/C28H34N2O10S4/c1-3-15-28(2)20-37-26(31)24(29-39-43(33,34)18-22-11-6-4-7-12-22)41-16-10-17-42-25(27(32)38-21-28)30-40-44(35,36)19-23-13-8-5-9-14-23/h4-9,11-14H,3,10,15-21H2,1-2H3/b29-24-,30-25-. The van der Waals surface area contributed by atoms with Gasteiger partial charge in [0.15, 0.2) is 0 Å². The van der Waals surface area contributed by atoms with Gasteiger partial charge in [-0.3, -0.25) is 8.57 Å². The van der Waals surface area contributed by atoms with Crippen molar-refractivity contribution < 1.29 is 44.5 Å². The first kappa shape index (κ1) is 35.4. The number of thioether (sulfide) groups is 2. The second-order valence-corrected chi connectivity index (χ2v) is 15.4. The molecule has 12 nitrogen and oxygen atoms in total. The Morgan fingerprint density at radius 2 is 1.16 bits per heavy atom. The fourth-order valence-corrected chi connectivity index (χ4v) is 7.28. The van der Waals surface area contributed by atoms with Crippen molar-refractivity contribution in [3.05, 3.63) is 71.8 Å². The number of carbonyl (C=O) groups excluding carboxylic acids is 2. The summed E-state index contributed by atoms with van der Waals surface area (Å²) in [4.78, 5) is 25.8. The lowest BCUT2D eigenvalue weighted by atomic mass is 9.87. The number of hydrogen-bond donors (Lipinski definition) is 0. The van der Waals surface area contributed by atoms with Crippen LogP contribution in [0.1, 0.15) is 44.2 Å². The van der Waals surface area contributed by atoms with Crippen LogP contribution in [0, 0.1) is 5.41 Å². The molecule has 0 aliphatic carbocycles. The number of hydrogen-bond acceptors (Lipinski definition) is 14. The van der Waals surface area contributed by atoms with Gasteiger partial charge in [0.1, 0.15) is 24.7 Å². The number of cyclic esters (lactones) is 2. The lowest BCUT2D eigenvalue weighted by molar-refractivity contribution is -0.145. The van der Waals surface area contributed by atoms with Crippen LogP contribution in [-0.2, 0) is 59.4 Å². The number of nitrogens with zero attached hydrogens (tertiary/aromatic N) is 2. The van der Waals surface area contributed by atoms with Gasteiger partial charge < -0.3 is 9.47 Å². The maximum Gasteiger partial charge on any atom is 0.367 e. The van der Waals surface area contributed by atoms with Crippen LogP contribution in [0.5, 0.6) is 0 Å². The number of carbonyl (C=O) groups is 2. The molecule has 3 rings (SSSR count). The summed E-state index contributed by atoms with van der Waals surface area (Å²) in [5.41, 5.74) is 0.159. The van der Waals surface area contributed by atoms with Gasteiger partial charge in [-0.2, -0.15) is 16.8 Å². The molecule has 1 aliphatic heterocycles. The molecule has 240 valence electrons. The Bertz CT molecular complexity index is 1420. The maximum atomic E-state index is 12.9. The van der Waals surface area contributed by atoms with Crippen molar-refractivity contribution >= 4 is 65.8 Å². The van der Waals surface area contributed by atoms with E-state index in [9.17, 15) is 26.4 Å². The Labute approximate surface area is 266 Å².